The molecule has 0 aliphatic carbocycles. The van der Waals surface area contributed by atoms with Crippen molar-refractivity contribution >= 4 is 5.91 Å². The van der Waals surface area contributed by atoms with Gasteiger partial charge in [-0.1, -0.05) is 12.1 Å². The van der Waals surface area contributed by atoms with Crippen LogP contribution >= 0.6 is 0 Å². The zero-order valence-corrected chi connectivity index (χ0v) is 11.2. The smallest absolute Gasteiger partial charge is 0.253 e. The largest absolute Gasteiger partial charge is 0.345 e. The van der Waals surface area contributed by atoms with E-state index in [2.05, 4.69) is 9.97 Å². The Labute approximate surface area is 112 Å². The normalized spacial score (nSPS) is 10.5. The molecule has 0 radical (unpaired) electrons. The molecule has 0 saturated heterocycles. The lowest BCUT2D eigenvalue weighted by atomic mass is 10.1. The highest BCUT2D eigenvalue weighted by atomic mass is 16.2. The van der Waals surface area contributed by atoms with Crippen molar-refractivity contribution in [2.45, 2.75) is 20.0 Å². The number of nitrogens with one attached hydrogen (secondary N) is 1. The van der Waals surface area contributed by atoms with E-state index in [-0.39, 0.29) is 5.91 Å². The SMILES string of the molecule is Cc1cnc(CN(C)C(=O)c2ccc(CN)cc2)[nH]1. The molecule has 19 heavy (non-hydrogen) atoms. The van der Waals surface area contributed by atoms with E-state index in [1.807, 2.05) is 19.1 Å². The first kappa shape index (κ1) is 13.3. The number of hydrogen-bond donors (Lipinski definition) is 2. The number of aryl methyl sites for hydroxylation is 1. The minimum atomic E-state index is -0.0300. The Kier molecular flexibility index (Phi) is 3.97. The highest BCUT2D eigenvalue weighted by molar-refractivity contribution is 5.94. The second kappa shape index (κ2) is 5.67. The maximum atomic E-state index is 12.2. The maximum absolute atomic E-state index is 12.2. The first-order valence-electron chi connectivity index (χ1n) is 6.15. The van der Waals surface area contributed by atoms with Gasteiger partial charge in [0.05, 0.1) is 6.54 Å². The number of amides is 1. The summed E-state index contributed by atoms with van der Waals surface area (Å²) in [5, 5.41) is 0. The lowest BCUT2D eigenvalue weighted by Crippen LogP contribution is -2.26. The summed E-state index contributed by atoms with van der Waals surface area (Å²) in [6.45, 7) is 2.88. The zero-order valence-electron chi connectivity index (χ0n) is 11.2. The van der Waals surface area contributed by atoms with Crippen molar-refractivity contribution in [1.82, 2.24) is 14.9 Å². The third kappa shape index (κ3) is 3.20. The van der Waals surface area contributed by atoms with Gasteiger partial charge < -0.3 is 15.6 Å². The van der Waals surface area contributed by atoms with Gasteiger partial charge in [0, 0.05) is 31.0 Å². The number of hydrogen-bond acceptors (Lipinski definition) is 3. The van der Waals surface area contributed by atoms with Crippen LogP contribution < -0.4 is 5.73 Å². The van der Waals surface area contributed by atoms with Crippen molar-refractivity contribution in [3.05, 3.63) is 53.1 Å². The Hall–Kier alpha value is -2.14. The molecule has 0 unspecified atom stereocenters. The highest BCUT2D eigenvalue weighted by Crippen LogP contribution is 2.08. The standard InChI is InChI=1S/C14H18N4O/c1-10-8-16-13(17-10)9-18(2)14(19)12-5-3-11(7-15)4-6-12/h3-6,8H,7,9,15H2,1-2H3,(H,16,17). The molecule has 1 amide bonds. The van der Waals surface area contributed by atoms with Gasteiger partial charge in [0.1, 0.15) is 5.82 Å². The molecule has 0 spiro atoms. The van der Waals surface area contributed by atoms with E-state index in [0.29, 0.717) is 18.7 Å². The third-order valence-corrected chi connectivity index (χ3v) is 2.93. The van der Waals surface area contributed by atoms with E-state index >= 15 is 0 Å². The second-order valence-corrected chi connectivity index (χ2v) is 4.58. The van der Waals surface area contributed by atoms with Gasteiger partial charge in [-0.2, -0.15) is 0 Å². The summed E-state index contributed by atoms with van der Waals surface area (Å²) in [5.74, 6) is 0.754. The van der Waals surface area contributed by atoms with Crippen LogP contribution in [0.2, 0.25) is 0 Å². The van der Waals surface area contributed by atoms with Gasteiger partial charge in [0.2, 0.25) is 0 Å². The average Bonchev–Trinajstić information content (AvgIpc) is 2.83. The second-order valence-electron chi connectivity index (χ2n) is 4.58. The Morgan fingerprint density at radius 2 is 2.05 bits per heavy atom. The van der Waals surface area contributed by atoms with Crippen molar-refractivity contribution in [2.75, 3.05) is 7.05 Å². The van der Waals surface area contributed by atoms with E-state index in [1.54, 1.807) is 30.3 Å². The van der Waals surface area contributed by atoms with Gasteiger partial charge in [0.15, 0.2) is 0 Å². The summed E-state index contributed by atoms with van der Waals surface area (Å²) in [5.41, 5.74) is 8.19. The predicted molar refractivity (Wildman–Crippen MR) is 73.5 cm³/mol. The summed E-state index contributed by atoms with van der Waals surface area (Å²) >= 11 is 0. The molecule has 1 heterocycles. The lowest BCUT2D eigenvalue weighted by Gasteiger charge is -2.16. The first-order valence-corrected chi connectivity index (χ1v) is 6.15. The van der Waals surface area contributed by atoms with Crippen molar-refractivity contribution in [3.8, 4) is 0 Å². The van der Waals surface area contributed by atoms with Crippen LogP contribution in [0.5, 0.6) is 0 Å². The molecule has 5 nitrogen and oxygen atoms in total. The number of carbonyl (C=O) groups excluding carboxylic acids is 1. The number of rotatable bonds is 4. The van der Waals surface area contributed by atoms with Crippen molar-refractivity contribution in [2.24, 2.45) is 5.73 Å². The molecule has 0 saturated carbocycles. The fourth-order valence-corrected chi connectivity index (χ4v) is 1.85. The Balaban J connectivity index is 2.05. The van der Waals surface area contributed by atoms with Crippen LogP contribution in [-0.4, -0.2) is 27.8 Å². The quantitative estimate of drug-likeness (QED) is 0.871. The fraction of sp³-hybridized carbons (Fsp3) is 0.286. The van der Waals surface area contributed by atoms with Gasteiger partial charge >= 0.3 is 0 Å². The third-order valence-electron chi connectivity index (χ3n) is 2.93. The number of carbonyl (C=O) groups is 1. The maximum Gasteiger partial charge on any atom is 0.253 e. The van der Waals surface area contributed by atoms with Gasteiger partial charge in [-0.25, -0.2) is 4.98 Å². The molecule has 0 fully saturated rings. The van der Waals surface area contributed by atoms with E-state index in [0.717, 1.165) is 17.1 Å². The van der Waals surface area contributed by atoms with Crippen molar-refractivity contribution < 1.29 is 4.79 Å². The molecule has 2 aromatic rings. The minimum Gasteiger partial charge on any atom is -0.345 e. The van der Waals surface area contributed by atoms with Crippen LogP contribution in [0.4, 0.5) is 0 Å². The zero-order chi connectivity index (χ0) is 13.8. The molecule has 1 aromatic carbocycles. The Morgan fingerprint density at radius 1 is 1.37 bits per heavy atom. The fourth-order valence-electron chi connectivity index (χ4n) is 1.85. The summed E-state index contributed by atoms with van der Waals surface area (Å²) in [4.78, 5) is 21.1. The van der Waals surface area contributed by atoms with Gasteiger partial charge in [-0.15, -0.1) is 0 Å². The lowest BCUT2D eigenvalue weighted by molar-refractivity contribution is 0.0782. The summed E-state index contributed by atoms with van der Waals surface area (Å²) < 4.78 is 0. The van der Waals surface area contributed by atoms with Crippen molar-refractivity contribution in [3.63, 3.8) is 0 Å². The van der Waals surface area contributed by atoms with Crippen LogP contribution in [0, 0.1) is 6.92 Å². The number of aromatic amines is 1. The van der Waals surface area contributed by atoms with Crippen LogP contribution in [0.15, 0.2) is 30.5 Å². The molecule has 5 heteroatoms. The van der Waals surface area contributed by atoms with Gasteiger partial charge in [-0.3, -0.25) is 4.79 Å². The summed E-state index contributed by atoms with van der Waals surface area (Å²) in [6, 6.07) is 7.35. The van der Waals surface area contributed by atoms with Crippen LogP contribution in [0.25, 0.3) is 0 Å². The van der Waals surface area contributed by atoms with Crippen LogP contribution in [0.3, 0.4) is 0 Å². The Morgan fingerprint density at radius 3 is 2.58 bits per heavy atom. The number of H-pyrrole nitrogens is 1. The molecular weight excluding hydrogens is 240 g/mol. The molecule has 0 atom stereocenters. The number of aromatic nitrogens is 2. The molecular formula is C14H18N4O. The topological polar surface area (TPSA) is 75.0 Å². The molecule has 1 aromatic heterocycles. The van der Waals surface area contributed by atoms with E-state index in [1.165, 1.54) is 0 Å². The molecule has 0 bridgehead atoms. The van der Waals surface area contributed by atoms with Gasteiger partial charge in [0.25, 0.3) is 5.91 Å². The van der Waals surface area contributed by atoms with E-state index in [9.17, 15) is 4.79 Å². The highest BCUT2D eigenvalue weighted by Gasteiger charge is 2.13. The Bertz CT molecular complexity index is 559. The average molecular weight is 258 g/mol. The number of imidazole rings is 1. The van der Waals surface area contributed by atoms with Gasteiger partial charge in [-0.05, 0) is 24.6 Å². The molecule has 0 aliphatic rings. The van der Waals surface area contributed by atoms with E-state index < -0.39 is 0 Å². The molecule has 100 valence electrons. The predicted octanol–water partition coefficient (Wildman–Crippen LogP) is 1.45. The molecule has 3 N–H and O–H groups in total. The number of nitrogens with two attached hydrogens (primary N) is 1. The molecule has 0 aliphatic heterocycles. The van der Waals surface area contributed by atoms with Crippen molar-refractivity contribution in [1.29, 1.82) is 0 Å². The number of benzene rings is 1. The monoisotopic (exact) mass is 258 g/mol. The van der Waals surface area contributed by atoms with E-state index in [4.69, 9.17) is 5.73 Å². The van der Waals surface area contributed by atoms with Crippen LogP contribution in [0.1, 0.15) is 27.4 Å². The number of nitrogens with zero attached hydrogens (tertiary/aromatic N) is 2. The summed E-state index contributed by atoms with van der Waals surface area (Å²) in [6.07, 6.45) is 1.75. The summed E-state index contributed by atoms with van der Waals surface area (Å²) in [7, 11) is 1.76. The first-order chi connectivity index (χ1) is 9.10. The minimum absolute atomic E-state index is 0.0300. The van der Waals surface area contributed by atoms with Crippen LogP contribution in [-0.2, 0) is 13.1 Å². The molecule has 2 rings (SSSR count).